The molecule has 1 aromatic rings. The number of rotatable bonds is 9. The van der Waals surface area contributed by atoms with Crippen molar-refractivity contribution in [3.8, 4) is 0 Å². The Morgan fingerprint density at radius 2 is 1.96 bits per heavy atom. The second-order valence-electron chi connectivity index (χ2n) is 5.56. The molecule has 9 heteroatoms. The Hall–Kier alpha value is -1.55. The third-order valence-corrected chi connectivity index (χ3v) is 4.93. The number of thiocarbonyl (C=S) groups is 1. The summed E-state index contributed by atoms with van der Waals surface area (Å²) in [6, 6.07) is 6.61. The van der Waals surface area contributed by atoms with Crippen LogP contribution in [0.25, 0.3) is 0 Å². The first-order valence-corrected chi connectivity index (χ1v) is 9.89. The summed E-state index contributed by atoms with van der Waals surface area (Å²) in [5.41, 5.74) is 4.25. The lowest BCUT2D eigenvalue weighted by atomic mass is 10.1. The molecular weight excluding hydrogens is 360 g/mol. The van der Waals surface area contributed by atoms with Gasteiger partial charge in [-0.3, -0.25) is 5.43 Å². The number of hydrazone groups is 1. The van der Waals surface area contributed by atoms with E-state index in [0.717, 1.165) is 12.0 Å². The van der Waals surface area contributed by atoms with Crippen molar-refractivity contribution in [1.29, 1.82) is 0 Å². The minimum absolute atomic E-state index is 0.0700. The Kier molecular flexibility index (Phi) is 8.98. The molecule has 140 valence electrons. The quantitative estimate of drug-likeness (QED) is 0.339. The van der Waals surface area contributed by atoms with Gasteiger partial charge in [-0.25, -0.2) is 13.1 Å². The van der Waals surface area contributed by atoms with Crippen molar-refractivity contribution in [1.82, 2.24) is 15.5 Å². The van der Waals surface area contributed by atoms with E-state index >= 15 is 0 Å². The second-order valence-corrected chi connectivity index (χ2v) is 7.74. The molecule has 7 nitrogen and oxygen atoms in total. The highest BCUT2D eigenvalue weighted by atomic mass is 32.2. The number of hydrogen-bond acceptors (Lipinski definition) is 5. The van der Waals surface area contributed by atoms with Crippen LogP contribution < -0.4 is 15.5 Å². The molecule has 0 heterocycles. The first-order chi connectivity index (χ1) is 11.8. The molecule has 0 spiro atoms. The molecule has 0 fully saturated rings. The Morgan fingerprint density at radius 3 is 2.52 bits per heavy atom. The van der Waals surface area contributed by atoms with Crippen LogP contribution in [0.4, 0.5) is 0 Å². The van der Waals surface area contributed by atoms with E-state index in [0.29, 0.717) is 24.0 Å². The van der Waals surface area contributed by atoms with Gasteiger partial charge in [0.2, 0.25) is 10.0 Å². The van der Waals surface area contributed by atoms with Gasteiger partial charge in [0.25, 0.3) is 0 Å². The van der Waals surface area contributed by atoms with Crippen LogP contribution in [0.15, 0.2) is 34.3 Å². The molecule has 0 aliphatic heterocycles. The average molecular weight is 387 g/mol. The van der Waals surface area contributed by atoms with Gasteiger partial charge >= 0.3 is 0 Å². The van der Waals surface area contributed by atoms with Crippen molar-refractivity contribution in [3.05, 3.63) is 29.8 Å². The topological polar surface area (TPSA) is 91.8 Å². The van der Waals surface area contributed by atoms with E-state index in [1.165, 1.54) is 0 Å². The van der Waals surface area contributed by atoms with Crippen molar-refractivity contribution >= 4 is 33.1 Å². The van der Waals surface area contributed by atoms with Gasteiger partial charge in [-0.15, -0.1) is 0 Å². The molecule has 0 amide bonds. The van der Waals surface area contributed by atoms with Gasteiger partial charge in [0.05, 0.1) is 17.2 Å². The first-order valence-electron chi connectivity index (χ1n) is 8.00. The highest BCUT2D eigenvalue weighted by Crippen LogP contribution is 2.11. The highest BCUT2D eigenvalue weighted by molar-refractivity contribution is 7.89. The van der Waals surface area contributed by atoms with Gasteiger partial charge < -0.3 is 10.1 Å². The van der Waals surface area contributed by atoms with E-state index in [2.05, 4.69) is 20.6 Å². The Balaban J connectivity index is 2.70. The zero-order chi connectivity index (χ0) is 18.9. The van der Waals surface area contributed by atoms with E-state index in [9.17, 15) is 8.42 Å². The van der Waals surface area contributed by atoms with E-state index < -0.39 is 10.0 Å². The minimum Gasteiger partial charge on any atom is -0.383 e. The van der Waals surface area contributed by atoms with Crippen molar-refractivity contribution in [2.75, 3.05) is 20.3 Å². The van der Waals surface area contributed by atoms with Crippen molar-refractivity contribution in [2.45, 2.75) is 38.1 Å². The van der Waals surface area contributed by atoms with Gasteiger partial charge in [-0.1, -0.05) is 19.1 Å². The summed E-state index contributed by atoms with van der Waals surface area (Å²) in [4.78, 5) is 0.232. The number of nitrogens with zero attached hydrogens (tertiary/aromatic N) is 1. The minimum atomic E-state index is -3.46. The molecule has 0 radical (unpaired) electrons. The van der Waals surface area contributed by atoms with Crippen LogP contribution in [0.1, 0.15) is 32.8 Å². The number of methoxy groups -OCH3 is 1. The molecule has 25 heavy (non-hydrogen) atoms. The number of hydrogen-bond donors (Lipinski definition) is 3. The lowest BCUT2D eigenvalue weighted by Crippen LogP contribution is -2.40. The molecule has 0 unspecified atom stereocenters. The van der Waals surface area contributed by atoms with Crippen LogP contribution in [-0.2, 0) is 14.8 Å². The van der Waals surface area contributed by atoms with Crippen LogP contribution in [-0.4, -0.2) is 45.5 Å². The number of nitrogens with one attached hydrogen (secondary N) is 3. The van der Waals surface area contributed by atoms with Gasteiger partial charge in [0.15, 0.2) is 5.11 Å². The lowest BCUT2D eigenvalue weighted by Gasteiger charge is -2.14. The van der Waals surface area contributed by atoms with E-state index in [1.807, 2.05) is 20.8 Å². The molecule has 0 aliphatic carbocycles. The van der Waals surface area contributed by atoms with Crippen LogP contribution >= 0.6 is 12.2 Å². The number of sulfonamides is 1. The summed E-state index contributed by atoms with van der Waals surface area (Å²) in [5, 5.41) is 7.64. The van der Waals surface area contributed by atoms with Gasteiger partial charge in [-0.05, 0) is 50.2 Å². The van der Waals surface area contributed by atoms with Crippen LogP contribution in [0, 0.1) is 0 Å². The SMILES string of the molecule is CCCNS(=O)(=O)c1ccc(/C(C)=N\NC(=S)N[C@H](C)COC)cc1. The largest absolute Gasteiger partial charge is 0.383 e. The zero-order valence-electron chi connectivity index (χ0n) is 15.0. The standard InChI is InChI=1S/C16H26N4O3S2/c1-5-10-17-25(21,22)15-8-6-14(7-9-15)13(3)19-20-16(24)18-12(2)11-23-4/h6-9,12,17H,5,10-11H2,1-4H3,(H2,18,20,24)/b19-13-/t12-/m1/s1. The third kappa shape index (κ3) is 7.47. The maximum Gasteiger partial charge on any atom is 0.240 e. The predicted octanol–water partition coefficient (Wildman–Crippen LogP) is 1.60. The highest BCUT2D eigenvalue weighted by Gasteiger charge is 2.12. The third-order valence-electron chi connectivity index (χ3n) is 3.24. The fourth-order valence-electron chi connectivity index (χ4n) is 1.94. The van der Waals surface area contributed by atoms with E-state index in [-0.39, 0.29) is 10.9 Å². The van der Waals surface area contributed by atoms with E-state index in [1.54, 1.807) is 31.4 Å². The smallest absolute Gasteiger partial charge is 0.240 e. The monoisotopic (exact) mass is 386 g/mol. The van der Waals surface area contributed by atoms with Gasteiger partial charge in [0, 0.05) is 19.7 Å². The summed E-state index contributed by atoms with van der Waals surface area (Å²) in [6.45, 7) is 6.62. The number of ether oxygens (including phenoxy) is 1. The van der Waals surface area contributed by atoms with Crippen molar-refractivity contribution in [3.63, 3.8) is 0 Å². The maximum atomic E-state index is 12.1. The second kappa shape index (κ2) is 10.4. The molecule has 0 bridgehead atoms. The average Bonchev–Trinajstić information content (AvgIpc) is 2.58. The summed E-state index contributed by atoms with van der Waals surface area (Å²) in [7, 11) is -1.83. The van der Waals surface area contributed by atoms with Crippen LogP contribution in [0.2, 0.25) is 0 Å². The molecule has 1 aromatic carbocycles. The van der Waals surface area contributed by atoms with Crippen molar-refractivity contribution < 1.29 is 13.2 Å². The Morgan fingerprint density at radius 1 is 1.32 bits per heavy atom. The van der Waals surface area contributed by atoms with Crippen LogP contribution in [0.5, 0.6) is 0 Å². The predicted molar refractivity (Wildman–Crippen MR) is 104 cm³/mol. The first kappa shape index (κ1) is 21.5. The zero-order valence-corrected chi connectivity index (χ0v) is 16.6. The molecule has 0 saturated carbocycles. The molecule has 1 atom stereocenters. The summed E-state index contributed by atoms with van der Waals surface area (Å²) >= 11 is 5.15. The molecule has 3 N–H and O–H groups in total. The Labute approximate surface area is 155 Å². The van der Waals surface area contributed by atoms with Gasteiger partial charge in [0.1, 0.15) is 0 Å². The molecule has 0 aromatic heterocycles. The Bertz CT molecular complexity index is 688. The fourth-order valence-corrected chi connectivity index (χ4v) is 3.32. The molecule has 0 aliphatic rings. The molecular formula is C16H26N4O3S2. The fraction of sp³-hybridized carbons (Fsp3) is 0.500. The molecule has 1 rings (SSSR count). The van der Waals surface area contributed by atoms with E-state index in [4.69, 9.17) is 17.0 Å². The van der Waals surface area contributed by atoms with Crippen LogP contribution in [0.3, 0.4) is 0 Å². The lowest BCUT2D eigenvalue weighted by molar-refractivity contribution is 0.179. The normalized spacial score (nSPS) is 13.4. The molecule has 0 saturated heterocycles. The summed E-state index contributed by atoms with van der Waals surface area (Å²) < 4.78 is 31.7. The van der Waals surface area contributed by atoms with Gasteiger partial charge in [-0.2, -0.15) is 5.10 Å². The summed E-state index contributed by atoms with van der Waals surface area (Å²) in [6.07, 6.45) is 0.742. The number of benzene rings is 1. The maximum absolute atomic E-state index is 12.1. The van der Waals surface area contributed by atoms with Crippen molar-refractivity contribution in [2.24, 2.45) is 5.10 Å². The summed E-state index contributed by atoms with van der Waals surface area (Å²) in [5.74, 6) is 0.